The van der Waals surface area contributed by atoms with Crippen molar-refractivity contribution in [1.82, 2.24) is 9.88 Å². The first-order chi connectivity index (χ1) is 15.4. The lowest BCUT2D eigenvalue weighted by atomic mass is 10.2. The first-order valence-electron chi connectivity index (χ1n) is 10.0. The van der Waals surface area contributed by atoms with Crippen molar-refractivity contribution in [2.75, 3.05) is 38.7 Å². The van der Waals surface area contributed by atoms with Gasteiger partial charge in [-0.25, -0.2) is 4.98 Å². The highest BCUT2D eigenvalue weighted by Crippen LogP contribution is 2.34. The molecule has 2 heterocycles. The van der Waals surface area contributed by atoms with Crippen molar-refractivity contribution in [2.45, 2.75) is 6.92 Å². The number of hydrogen-bond donors (Lipinski definition) is 0. The normalized spacial score (nSPS) is 11.4. The molecule has 0 unspecified atom stereocenters. The molecule has 0 aliphatic carbocycles. The van der Waals surface area contributed by atoms with E-state index in [4.69, 9.17) is 9.72 Å². The first kappa shape index (κ1) is 22.1. The Morgan fingerprint density at radius 1 is 1.09 bits per heavy atom. The number of nitrogens with zero attached hydrogens (tertiary/aromatic N) is 4. The number of nitro benzene ring substituents is 1. The fourth-order valence-electron chi connectivity index (χ4n) is 3.23. The molecule has 0 spiro atoms. The van der Waals surface area contributed by atoms with Gasteiger partial charge in [-0.15, -0.1) is 11.3 Å². The van der Waals surface area contributed by atoms with Crippen LogP contribution in [-0.4, -0.2) is 54.5 Å². The number of aromatic nitrogens is 1. The number of nitro groups is 1. The maximum Gasteiger partial charge on any atom is 0.270 e. The molecule has 4 aromatic rings. The molecule has 10 heteroatoms. The topological polar surface area (TPSA) is 88.8 Å². The van der Waals surface area contributed by atoms with E-state index < -0.39 is 4.92 Å². The second-order valence-corrected chi connectivity index (χ2v) is 9.50. The summed E-state index contributed by atoms with van der Waals surface area (Å²) in [6.45, 7) is 3.65. The summed E-state index contributed by atoms with van der Waals surface area (Å²) < 4.78 is 7.36. The monoisotopic (exact) mass is 470 g/mol. The number of hydrogen-bond acceptors (Lipinski definition) is 8. The number of thiazole rings is 1. The summed E-state index contributed by atoms with van der Waals surface area (Å²) in [7, 11) is 3.90. The third-order valence-electron chi connectivity index (χ3n) is 4.83. The zero-order valence-electron chi connectivity index (χ0n) is 17.9. The number of rotatable bonds is 8. The van der Waals surface area contributed by atoms with Crippen molar-refractivity contribution in [3.05, 3.63) is 57.5 Å². The van der Waals surface area contributed by atoms with Gasteiger partial charge < -0.3 is 9.64 Å². The van der Waals surface area contributed by atoms with Gasteiger partial charge in [0.25, 0.3) is 11.6 Å². The van der Waals surface area contributed by atoms with Gasteiger partial charge in [-0.05, 0) is 51.4 Å². The largest absolute Gasteiger partial charge is 0.494 e. The summed E-state index contributed by atoms with van der Waals surface area (Å²) in [5, 5.41) is 12.4. The van der Waals surface area contributed by atoms with E-state index in [2.05, 4.69) is 0 Å². The number of ether oxygens (including phenoxy) is 1. The predicted molar refractivity (Wildman–Crippen MR) is 129 cm³/mol. The number of amides is 1. The molecule has 166 valence electrons. The van der Waals surface area contributed by atoms with Gasteiger partial charge in [-0.2, -0.15) is 0 Å². The Morgan fingerprint density at radius 3 is 2.62 bits per heavy atom. The SMILES string of the molecule is CCOc1ccc2nc(N(CCN(C)C)C(=O)c3cc4cc([N+](=O)[O-])ccc4s3)sc2c1. The molecule has 0 atom stereocenters. The van der Waals surface area contributed by atoms with Crippen LogP contribution in [-0.2, 0) is 0 Å². The van der Waals surface area contributed by atoms with Crippen LogP contribution in [0.15, 0.2) is 42.5 Å². The highest BCUT2D eigenvalue weighted by atomic mass is 32.1. The van der Waals surface area contributed by atoms with Gasteiger partial charge in [0.05, 0.1) is 26.6 Å². The minimum absolute atomic E-state index is 0.00929. The Balaban J connectivity index is 1.71. The van der Waals surface area contributed by atoms with Crippen molar-refractivity contribution in [3.63, 3.8) is 0 Å². The van der Waals surface area contributed by atoms with Crippen LogP contribution in [0.1, 0.15) is 16.6 Å². The van der Waals surface area contributed by atoms with Crippen LogP contribution in [0.4, 0.5) is 10.8 Å². The molecule has 0 saturated carbocycles. The lowest BCUT2D eigenvalue weighted by molar-refractivity contribution is -0.384. The van der Waals surface area contributed by atoms with Gasteiger partial charge in [-0.3, -0.25) is 19.8 Å². The fourth-order valence-corrected chi connectivity index (χ4v) is 5.24. The molecule has 2 aromatic heterocycles. The molecule has 0 fully saturated rings. The number of likely N-dealkylation sites (N-methyl/N-ethyl adjacent to an activating group) is 1. The molecular weight excluding hydrogens is 448 g/mol. The molecule has 0 aliphatic heterocycles. The lowest BCUT2D eigenvalue weighted by Crippen LogP contribution is -2.36. The van der Waals surface area contributed by atoms with Gasteiger partial charge in [0.2, 0.25) is 0 Å². The van der Waals surface area contributed by atoms with Crippen molar-refractivity contribution in [2.24, 2.45) is 0 Å². The Kier molecular flexibility index (Phi) is 6.35. The first-order valence-corrected chi connectivity index (χ1v) is 11.7. The van der Waals surface area contributed by atoms with E-state index in [-0.39, 0.29) is 11.6 Å². The van der Waals surface area contributed by atoms with Crippen LogP contribution in [0, 0.1) is 10.1 Å². The van der Waals surface area contributed by atoms with Crippen LogP contribution < -0.4 is 9.64 Å². The molecular formula is C22H22N4O4S2. The summed E-state index contributed by atoms with van der Waals surface area (Å²) in [6.07, 6.45) is 0. The van der Waals surface area contributed by atoms with Crippen LogP contribution in [0.5, 0.6) is 5.75 Å². The lowest BCUT2D eigenvalue weighted by Gasteiger charge is -2.21. The molecule has 8 nitrogen and oxygen atoms in total. The van der Waals surface area contributed by atoms with Crippen LogP contribution >= 0.6 is 22.7 Å². The third-order valence-corrected chi connectivity index (χ3v) is 6.97. The minimum Gasteiger partial charge on any atom is -0.494 e. The van der Waals surface area contributed by atoms with E-state index in [1.165, 1.54) is 34.8 Å². The van der Waals surface area contributed by atoms with Crippen LogP contribution in [0.25, 0.3) is 20.3 Å². The van der Waals surface area contributed by atoms with E-state index in [0.717, 1.165) is 20.7 Å². The number of carbonyl (C=O) groups is 1. The van der Waals surface area contributed by atoms with Gasteiger partial charge >= 0.3 is 0 Å². The maximum atomic E-state index is 13.5. The van der Waals surface area contributed by atoms with E-state index in [1.54, 1.807) is 17.0 Å². The van der Waals surface area contributed by atoms with E-state index in [1.807, 2.05) is 44.1 Å². The van der Waals surface area contributed by atoms with E-state index >= 15 is 0 Å². The number of carbonyl (C=O) groups excluding carboxylic acids is 1. The Bertz CT molecular complexity index is 1300. The zero-order valence-corrected chi connectivity index (χ0v) is 19.5. The Morgan fingerprint density at radius 2 is 1.91 bits per heavy atom. The molecule has 0 saturated heterocycles. The van der Waals surface area contributed by atoms with E-state index in [9.17, 15) is 14.9 Å². The van der Waals surface area contributed by atoms with Gasteiger partial charge in [-0.1, -0.05) is 11.3 Å². The van der Waals surface area contributed by atoms with Gasteiger partial charge in [0, 0.05) is 35.3 Å². The van der Waals surface area contributed by atoms with Crippen molar-refractivity contribution in [3.8, 4) is 5.75 Å². The summed E-state index contributed by atoms with van der Waals surface area (Å²) in [5.41, 5.74) is 0.818. The predicted octanol–water partition coefficient (Wildman–Crippen LogP) is 5.03. The quantitative estimate of drug-likeness (QED) is 0.265. The number of anilines is 1. The average molecular weight is 471 g/mol. The number of non-ortho nitro benzene ring substituents is 1. The molecule has 1 amide bonds. The average Bonchev–Trinajstić information content (AvgIpc) is 3.36. The van der Waals surface area contributed by atoms with E-state index in [0.29, 0.717) is 35.1 Å². The summed E-state index contributed by atoms with van der Waals surface area (Å²) >= 11 is 2.77. The highest BCUT2D eigenvalue weighted by Gasteiger charge is 2.24. The van der Waals surface area contributed by atoms with Crippen molar-refractivity contribution >= 4 is 59.7 Å². The molecule has 0 N–H and O–H groups in total. The second kappa shape index (κ2) is 9.19. The molecule has 0 aliphatic rings. The Hall–Kier alpha value is -3.08. The number of thiophene rings is 1. The van der Waals surface area contributed by atoms with Gasteiger partial charge in [0.15, 0.2) is 5.13 Å². The maximum absolute atomic E-state index is 13.5. The summed E-state index contributed by atoms with van der Waals surface area (Å²) in [6, 6.07) is 12.1. The molecule has 32 heavy (non-hydrogen) atoms. The molecule has 4 rings (SSSR count). The Labute approximate surface area is 192 Å². The second-order valence-electron chi connectivity index (χ2n) is 7.41. The molecule has 0 bridgehead atoms. The van der Waals surface area contributed by atoms with Crippen LogP contribution in [0.3, 0.4) is 0 Å². The summed E-state index contributed by atoms with van der Waals surface area (Å²) in [4.78, 5) is 33.1. The van der Waals surface area contributed by atoms with Crippen LogP contribution in [0.2, 0.25) is 0 Å². The third kappa shape index (κ3) is 4.57. The molecule has 2 aromatic carbocycles. The highest BCUT2D eigenvalue weighted by molar-refractivity contribution is 7.23. The zero-order chi connectivity index (χ0) is 22.8. The van der Waals surface area contributed by atoms with Crippen molar-refractivity contribution in [1.29, 1.82) is 0 Å². The minimum atomic E-state index is -0.431. The number of fused-ring (bicyclic) bond motifs is 2. The van der Waals surface area contributed by atoms with Gasteiger partial charge in [0.1, 0.15) is 5.75 Å². The summed E-state index contributed by atoms with van der Waals surface area (Å²) in [5.74, 6) is 0.604. The van der Waals surface area contributed by atoms with Crippen molar-refractivity contribution < 1.29 is 14.5 Å². The molecule has 0 radical (unpaired) electrons. The standard InChI is InChI=1S/C22H22N4O4S2/c1-4-30-16-6-7-17-19(13-16)32-22(23-17)25(10-9-24(2)3)21(27)20-12-14-11-15(26(28)29)5-8-18(14)31-20/h5-8,11-13H,4,9-10H2,1-3H3. The smallest absolute Gasteiger partial charge is 0.270 e. The number of benzene rings is 2. The fraction of sp³-hybridized carbons (Fsp3) is 0.273.